The molecule has 1 aliphatic heterocycles. The van der Waals surface area contributed by atoms with Crippen LogP contribution in [-0.2, 0) is 0 Å². The smallest absolute Gasteiger partial charge is 0.265 e. The van der Waals surface area contributed by atoms with Crippen molar-refractivity contribution in [2.24, 2.45) is 0 Å². The second-order valence-electron chi connectivity index (χ2n) is 5.60. The molecule has 1 amide bonds. The monoisotopic (exact) mass is 359 g/mol. The second kappa shape index (κ2) is 5.58. The number of hydrogen-bond donors (Lipinski definition) is 3. The molecular formula is C17H14ClN3O2S. The summed E-state index contributed by atoms with van der Waals surface area (Å²) in [6.45, 7) is 1.89. The third-order valence-electron chi connectivity index (χ3n) is 3.89. The van der Waals surface area contributed by atoms with Crippen LogP contribution in [0.3, 0.4) is 0 Å². The summed E-state index contributed by atoms with van der Waals surface area (Å²) in [5, 5.41) is 16.0. The van der Waals surface area contributed by atoms with Gasteiger partial charge in [-0.25, -0.2) is 0 Å². The number of hydrogen-bond acceptors (Lipinski definition) is 5. The van der Waals surface area contributed by atoms with Crippen LogP contribution in [0.15, 0.2) is 42.5 Å². The fourth-order valence-electron chi connectivity index (χ4n) is 2.83. The highest BCUT2D eigenvalue weighted by molar-refractivity contribution is 7.21. The first-order valence-electron chi connectivity index (χ1n) is 7.41. The number of phenols is 1. The number of phenolic OH excluding ortho intramolecular Hbond substituents is 1. The summed E-state index contributed by atoms with van der Waals surface area (Å²) in [4.78, 5) is 13.0. The summed E-state index contributed by atoms with van der Waals surface area (Å²) < 4.78 is 0.997. The number of rotatable bonds is 2. The summed E-state index contributed by atoms with van der Waals surface area (Å²) in [7, 11) is 0. The molecule has 3 aromatic rings. The molecule has 0 fully saturated rings. The zero-order valence-corrected chi connectivity index (χ0v) is 14.3. The van der Waals surface area contributed by atoms with Crippen molar-refractivity contribution < 1.29 is 9.90 Å². The molecule has 0 saturated carbocycles. The number of benzene rings is 2. The molecule has 1 atom stereocenters. The number of fused-ring (bicyclic) bond motifs is 3. The zero-order chi connectivity index (χ0) is 16.8. The third kappa shape index (κ3) is 2.44. The van der Waals surface area contributed by atoms with Gasteiger partial charge >= 0.3 is 0 Å². The van der Waals surface area contributed by atoms with E-state index in [1.54, 1.807) is 18.2 Å². The Balaban J connectivity index is 1.86. The van der Waals surface area contributed by atoms with Crippen LogP contribution in [0.2, 0.25) is 5.02 Å². The molecule has 5 nitrogen and oxygen atoms in total. The lowest BCUT2D eigenvalue weighted by atomic mass is 10.1. The summed E-state index contributed by atoms with van der Waals surface area (Å²) in [5.74, 6) is 0.0796. The van der Waals surface area contributed by atoms with Crippen molar-refractivity contribution in [1.82, 2.24) is 5.32 Å². The van der Waals surface area contributed by atoms with E-state index in [4.69, 9.17) is 11.6 Å². The number of halogens is 1. The minimum Gasteiger partial charge on any atom is -0.508 e. The van der Waals surface area contributed by atoms with Crippen molar-refractivity contribution in [2.45, 2.75) is 13.1 Å². The number of hydrazine groups is 1. The van der Waals surface area contributed by atoms with Gasteiger partial charge in [0, 0.05) is 21.2 Å². The quantitative estimate of drug-likeness (QED) is 0.642. The van der Waals surface area contributed by atoms with E-state index in [-0.39, 0.29) is 17.8 Å². The van der Waals surface area contributed by atoms with Crippen molar-refractivity contribution in [1.29, 1.82) is 0 Å². The molecule has 0 radical (unpaired) electrons. The topological polar surface area (TPSA) is 64.6 Å². The van der Waals surface area contributed by atoms with Crippen LogP contribution in [0.25, 0.3) is 10.1 Å². The van der Waals surface area contributed by atoms with E-state index in [2.05, 4.69) is 10.7 Å². The number of nitrogens with one attached hydrogen (secondary N) is 2. The van der Waals surface area contributed by atoms with Gasteiger partial charge in [-0.2, -0.15) is 0 Å². The van der Waals surface area contributed by atoms with Crippen LogP contribution in [0.1, 0.15) is 16.6 Å². The Hall–Kier alpha value is -2.44. The molecule has 1 aliphatic rings. The largest absolute Gasteiger partial charge is 0.508 e. The van der Waals surface area contributed by atoms with Crippen LogP contribution < -0.4 is 15.8 Å². The molecule has 2 aromatic carbocycles. The molecule has 3 N–H and O–H groups in total. The van der Waals surface area contributed by atoms with E-state index >= 15 is 0 Å². The molecule has 0 aliphatic carbocycles. The van der Waals surface area contributed by atoms with Gasteiger partial charge in [0.2, 0.25) is 0 Å². The highest BCUT2D eigenvalue weighted by Gasteiger charge is 2.32. The average molecular weight is 360 g/mol. The molecule has 1 aromatic heterocycles. The molecule has 24 heavy (non-hydrogen) atoms. The fraction of sp³-hybridized carbons (Fsp3) is 0.118. The van der Waals surface area contributed by atoms with Gasteiger partial charge in [0.05, 0.1) is 11.4 Å². The van der Waals surface area contributed by atoms with Crippen LogP contribution in [0.5, 0.6) is 5.75 Å². The predicted octanol–water partition coefficient (Wildman–Crippen LogP) is 4.18. The minimum absolute atomic E-state index is 0.0937. The van der Waals surface area contributed by atoms with Gasteiger partial charge in [-0.3, -0.25) is 15.2 Å². The number of carbonyl (C=O) groups is 1. The first-order chi connectivity index (χ1) is 11.5. The van der Waals surface area contributed by atoms with E-state index in [0.717, 1.165) is 21.5 Å². The van der Waals surface area contributed by atoms with E-state index in [1.165, 1.54) is 11.3 Å². The van der Waals surface area contributed by atoms with Gasteiger partial charge in [0.25, 0.3) is 5.91 Å². The van der Waals surface area contributed by atoms with E-state index in [0.29, 0.717) is 9.90 Å². The summed E-state index contributed by atoms with van der Waals surface area (Å²) in [6, 6.07) is 12.5. The van der Waals surface area contributed by atoms with Gasteiger partial charge in [-0.15, -0.1) is 11.3 Å². The fourth-order valence-corrected chi connectivity index (χ4v) is 4.08. The Labute approximate surface area is 147 Å². The van der Waals surface area contributed by atoms with Crippen molar-refractivity contribution in [3.63, 3.8) is 0 Å². The predicted molar refractivity (Wildman–Crippen MR) is 98.0 cm³/mol. The standard InChI is InChI=1S/C17H14ClN3O2S/c1-9-19-17(23)16-15(13-7-10(18)5-6-14(13)24-16)21(9)20-11-3-2-4-12(22)8-11/h2-9,20,22H,1H3,(H,19,23). The van der Waals surface area contributed by atoms with Crippen molar-refractivity contribution >= 4 is 50.3 Å². The lowest BCUT2D eigenvalue weighted by Crippen LogP contribution is -2.53. The number of anilines is 2. The molecule has 4 rings (SSSR count). The zero-order valence-electron chi connectivity index (χ0n) is 12.7. The highest BCUT2D eigenvalue weighted by Crippen LogP contribution is 2.42. The van der Waals surface area contributed by atoms with Crippen molar-refractivity contribution in [2.75, 3.05) is 10.4 Å². The first-order valence-corrected chi connectivity index (χ1v) is 8.60. The molecule has 0 bridgehead atoms. The molecule has 7 heteroatoms. The second-order valence-corrected chi connectivity index (χ2v) is 7.09. The average Bonchev–Trinajstić information content (AvgIpc) is 2.91. The molecule has 1 unspecified atom stereocenters. The van der Waals surface area contributed by atoms with Crippen LogP contribution >= 0.6 is 22.9 Å². The lowest BCUT2D eigenvalue weighted by Gasteiger charge is -2.36. The van der Waals surface area contributed by atoms with Gasteiger partial charge in [-0.05, 0) is 37.3 Å². The summed E-state index contributed by atoms with van der Waals surface area (Å²) in [5.41, 5.74) is 4.80. The number of aromatic hydroxyl groups is 1. The Bertz CT molecular complexity index is 956. The highest BCUT2D eigenvalue weighted by atomic mass is 35.5. The van der Waals surface area contributed by atoms with E-state index in [9.17, 15) is 9.90 Å². The summed E-state index contributed by atoms with van der Waals surface area (Å²) in [6.07, 6.45) is -0.260. The van der Waals surface area contributed by atoms with Gasteiger partial charge in [-0.1, -0.05) is 17.7 Å². The molecule has 0 spiro atoms. The SMILES string of the molecule is CC1NC(=O)c2sc3ccc(Cl)cc3c2N1Nc1cccc(O)c1. The van der Waals surface area contributed by atoms with E-state index in [1.807, 2.05) is 36.2 Å². The van der Waals surface area contributed by atoms with Crippen LogP contribution in [-0.4, -0.2) is 17.2 Å². The third-order valence-corrected chi connectivity index (χ3v) is 5.29. The first kappa shape index (κ1) is 15.1. The number of carbonyl (C=O) groups excluding carboxylic acids is 1. The van der Waals surface area contributed by atoms with Crippen molar-refractivity contribution in [3.8, 4) is 5.75 Å². The Morgan fingerprint density at radius 3 is 2.92 bits per heavy atom. The molecule has 122 valence electrons. The minimum atomic E-state index is -0.260. The number of thiophene rings is 1. The van der Waals surface area contributed by atoms with E-state index < -0.39 is 0 Å². The normalized spacial score (nSPS) is 16.8. The van der Waals surface area contributed by atoms with Crippen molar-refractivity contribution in [3.05, 3.63) is 52.4 Å². The van der Waals surface area contributed by atoms with Crippen LogP contribution in [0.4, 0.5) is 11.4 Å². The number of amides is 1. The van der Waals surface area contributed by atoms with Crippen LogP contribution in [0, 0.1) is 0 Å². The molecule has 0 saturated heterocycles. The summed E-state index contributed by atoms with van der Waals surface area (Å²) >= 11 is 7.59. The maximum Gasteiger partial charge on any atom is 0.265 e. The molecule has 2 heterocycles. The van der Waals surface area contributed by atoms with Gasteiger partial charge in [0.1, 0.15) is 16.8 Å². The maximum absolute atomic E-state index is 12.4. The van der Waals surface area contributed by atoms with Gasteiger partial charge in [0.15, 0.2) is 0 Å². The lowest BCUT2D eigenvalue weighted by molar-refractivity contribution is 0.0937. The Morgan fingerprint density at radius 1 is 1.29 bits per heavy atom. The Kier molecular flexibility index (Phi) is 3.51. The van der Waals surface area contributed by atoms with Gasteiger partial charge < -0.3 is 10.4 Å². The molecular weight excluding hydrogens is 346 g/mol. The maximum atomic E-state index is 12.4. The Morgan fingerprint density at radius 2 is 2.12 bits per heavy atom. The number of nitrogens with zero attached hydrogens (tertiary/aromatic N) is 1.